The summed E-state index contributed by atoms with van der Waals surface area (Å²) in [6.07, 6.45) is 5.13. The zero-order valence-electron chi connectivity index (χ0n) is 14.2. The molecule has 0 aliphatic heterocycles. The number of nitrogens with one attached hydrogen (secondary N) is 1. The van der Waals surface area contributed by atoms with Crippen molar-refractivity contribution in [1.82, 2.24) is 9.97 Å². The minimum Gasteiger partial charge on any atom is -0.490 e. The van der Waals surface area contributed by atoms with Gasteiger partial charge in [0, 0.05) is 29.1 Å². The van der Waals surface area contributed by atoms with Crippen LogP contribution < -0.4 is 10.1 Å². The third kappa shape index (κ3) is 6.17. The molecular weight excluding hydrogens is 365 g/mol. The van der Waals surface area contributed by atoms with Crippen LogP contribution in [0.2, 0.25) is 0 Å². The van der Waals surface area contributed by atoms with Crippen molar-refractivity contribution in [3.8, 4) is 5.75 Å². The molecule has 2 aromatic rings. The lowest BCUT2D eigenvalue weighted by Crippen LogP contribution is -2.08. The molecule has 1 aromatic carbocycles. The van der Waals surface area contributed by atoms with Crippen LogP contribution in [0.4, 0.5) is 16.0 Å². The van der Waals surface area contributed by atoms with Crippen LogP contribution in [0.3, 0.4) is 0 Å². The molecule has 2 rings (SSSR count). The number of hydrogen-bond donors (Lipinski definition) is 1. The highest BCUT2D eigenvalue weighted by atomic mass is 32.2. The first-order valence-electron chi connectivity index (χ1n) is 7.53. The number of rotatable bonds is 8. The smallest absolute Gasteiger partial charge is 0.227 e. The number of sulfone groups is 1. The van der Waals surface area contributed by atoms with Crippen LogP contribution in [0.25, 0.3) is 0 Å². The number of nitrogens with zero attached hydrogens (tertiary/aromatic N) is 2. The van der Waals surface area contributed by atoms with E-state index in [4.69, 9.17) is 4.74 Å². The second kappa shape index (κ2) is 8.48. The van der Waals surface area contributed by atoms with Gasteiger partial charge < -0.3 is 10.1 Å². The van der Waals surface area contributed by atoms with Gasteiger partial charge in [-0.15, -0.1) is 11.8 Å². The number of anilines is 2. The summed E-state index contributed by atoms with van der Waals surface area (Å²) >= 11 is 1.56. The van der Waals surface area contributed by atoms with Gasteiger partial charge in [0.1, 0.15) is 9.84 Å². The van der Waals surface area contributed by atoms with Crippen LogP contribution in [-0.4, -0.2) is 43.3 Å². The predicted molar refractivity (Wildman–Crippen MR) is 98.1 cm³/mol. The number of aromatic nitrogens is 2. The van der Waals surface area contributed by atoms with Gasteiger partial charge in [0.2, 0.25) is 5.95 Å². The lowest BCUT2D eigenvalue weighted by Gasteiger charge is -2.10. The molecule has 6 nitrogen and oxygen atoms in total. The first-order valence-corrected chi connectivity index (χ1v) is 10.8. The van der Waals surface area contributed by atoms with E-state index in [-0.39, 0.29) is 18.1 Å². The van der Waals surface area contributed by atoms with Gasteiger partial charge in [-0.25, -0.2) is 22.8 Å². The van der Waals surface area contributed by atoms with E-state index >= 15 is 0 Å². The van der Waals surface area contributed by atoms with Gasteiger partial charge in [-0.1, -0.05) is 0 Å². The maximum atomic E-state index is 14.1. The number of aryl methyl sites for hydroxylation is 1. The summed E-state index contributed by atoms with van der Waals surface area (Å²) in [5.41, 5.74) is 1.34. The van der Waals surface area contributed by atoms with E-state index in [0.717, 1.165) is 16.8 Å². The molecule has 9 heteroatoms. The Bertz CT molecular complexity index is 845. The van der Waals surface area contributed by atoms with Crippen LogP contribution >= 0.6 is 11.8 Å². The normalized spacial score (nSPS) is 11.4. The van der Waals surface area contributed by atoms with E-state index in [9.17, 15) is 12.8 Å². The molecule has 0 atom stereocenters. The van der Waals surface area contributed by atoms with Gasteiger partial charge in [0.05, 0.1) is 18.1 Å². The van der Waals surface area contributed by atoms with E-state index in [1.165, 1.54) is 12.1 Å². The average Bonchev–Trinajstić information content (AvgIpc) is 2.52. The van der Waals surface area contributed by atoms with E-state index in [1.807, 2.05) is 13.2 Å². The molecule has 0 aliphatic carbocycles. The Morgan fingerprint density at radius 1 is 1.36 bits per heavy atom. The maximum Gasteiger partial charge on any atom is 0.227 e. The second-order valence-corrected chi connectivity index (χ2v) is 8.56. The molecule has 0 bridgehead atoms. The molecule has 0 spiro atoms. The largest absolute Gasteiger partial charge is 0.490 e. The number of thioether (sulfide) groups is 1. The Balaban J connectivity index is 1.98. The molecule has 0 fully saturated rings. The zero-order chi connectivity index (χ0) is 18.4. The number of ether oxygens (including phenoxy) is 1. The molecule has 0 radical (unpaired) electrons. The monoisotopic (exact) mass is 385 g/mol. The molecule has 1 N–H and O–H groups in total. The van der Waals surface area contributed by atoms with E-state index in [1.54, 1.807) is 24.0 Å². The van der Waals surface area contributed by atoms with Crippen molar-refractivity contribution < 1.29 is 17.5 Å². The van der Waals surface area contributed by atoms with Gasteiger partial charge >= 0.3 is 0 Å². The third-order valence-corrected chi connectivity index (χ3v) is 5.13. The SMILES string of the molecule is CSc1cnc(Nc2ccc(OCCCS(C)(=O)=O)c(F)c2)nc1C. The summed E-state index contributed by atoms with van der Waals surface area (Å²) in [5.74, 6) is -0.0658. The van der Waals surface area contributed by atoms with Crippen molar-refractivity contribution >= 4 is 33.2 Å². The van der Waals surface area contributed by atoms with Crippen molar-refractivity contribution in [3.05, 3.63) is 35.9 Å². The minimum absolute atomic E-state index is 0.0109. The first-order chi connectivity index (χ1) is 11.8. The number of halogens is 1. The van der Waals surface area contributed by atoms with Crippen molar-refractivity contribution in [2.45, 2.75) is 18.2 Å². The number of hydrogen-bond acceptors (Lipinski definition) is 7. The lowest BCUT2D eigenvalue weighted by molar-refractivity contribution is 0.302. The molecule has 0 amide bonds. The molecule has 25 heavy (non-hydrogen) atoms. The van der Waals surface area contributed by atoms with Crippen LogP contribution in [0.5, 0.6) is 5.75 Å². The summed E-state index contributed by atoms with van der Waals surface area (Å²) in [6, 6.07) is 4.42. The lowest BCUT2D eigenvalue weighted by atomic mass is 10.3. The van der Waals surface area contributed by atoms with Crippen molar-refractivity contribution in [1.29, 1.82) is 0 Å². The van der Waals surface area contributed by atoms with Crippen molar-refractivity contribution in [2.75, 3.05) is 30.2 Å². The molecule has 1 aromatic heterocycles. The molecule has 0 saturated heterocycles. The summed E-state index contributed by atoms with van der Waals surface area (Å²) in [7, 11) is -3.04. The van der Waals surface area contributed by atoms with E-state index in [0.29, 0.717) is 18.1 Å². The Morgan fingerprint density at radius 2 is 2.12 bits per heavy atom. The third-order valence-electron chi connectivity index (χ3n) is 3.26. The predicted octanol–water partition coefficient (Wildman–Crippen LogP) is 3.20. The summed E-state index contributed by atoms with van der Waals surface area (Å²) in [5, 5.41) is 2.94. The van der Waals surface area contributed by atoms with Crippen LogP contribution in [-0.2, 0) is 9.84 Å². The van der Waals surface area contributed by atoms with Gasteiger partial charge in [0.25, 0.3) is 0 Å². The van der Waals surface area contributed by atoms with Gasteiger partial charge in [0.15, 0.2) is 11.6 Å². The Morgan fingerprint density at radius 3 is 2.72 bits per heavy atom. The van der Waals surface area contributed by atoms with Crippen molar-refractivity contribution in [3.63, 3.8) is 0 Å². The highest BCUT2D eigenvalue weighted by Crippen LogP contribution is 2.24. The molecule has 0 unspecified atom stereocenters. The zero-order valence-corrected chi connectivity index (χ0v) is 15.9. The van der Waals surface area contributed by atoms with Crippen molar-refractivity contribution in [2.24, 2.45) is 0 Å². The first kappa shape index (κ1) is 19.5. The highest BCUT2D eigenvalue weighted by molar-refractivity contribution is 7.98. The van der Waals surface area contributed by atoms with Crippen LogP contribution in [0.15, 0.2) is 29.3 Å². The Kier molecular flexibility index (Phi) is 6.60. The Labute approximate surface area is 151 Å². The Hall–Kier alpha value is -1.87. The molecule has 1 heterocycles. The second-order valence-electron chi connectivity index (χ2n) is 5.45. The molecule has 0 saturated carbocycles. The standard InChI is InChI=1S/C16H20FN3O3S2/c1-11-15(24-2)10-18-16(19-11)20-12-5-6-14(13(17)9-12)23-7-4-8-25(3,21)22/h5-6,9-10H,4,7-8H2,1-3H3,(H,18,19,20). The van der Waals surface area contributed by atoms with Gasteiger partial charge in [-0.3, -0.25) is 0 Å². The molecule has 0 aliphatic rings. The van der Waals surface area contributed by atoms with E-state index in [2.05, 4.69) is 15.3 Å². The van der Waals surface area contributed by atoms with Crippen LogP contribution in [0.1, 0.15) is 12.1 Å². The fourth-order valence-electron chi connectivity index (χ4n) is 2.04. The highest BCUT2D eigenvalue weighted by Gasteiger charge is 2.08. The minimum atomic E-state index is -3.04. The summed E-state index contributed by atoms with van der Waals surface area (Å²) < 4.78 is 41.5. The molecular formula is C16H20FN3O3S2. The van der Waals surface area contributed by atoms with Gasteiger partial charge in [-0.05, 0) is 31.7 Å². The van der Waals surface area contributed by atoms with E-state index < -0.39 is 15.7 Å². The van der Waals surface area contributed by atoms with Crippen LogP contribution in [0, 0.1) is 12.7 Å². The average molecular weight is 385 g/mol. The number of benzene rings is 1. The quantitative estimate of drug-likeness (QED) is 0.552. The maximum absolute atomic E-state index is 14.1. The summed E-state index contributed by atoms with van der Waals surface area (Å²) in [4.78, 5) is 9.49. The fourth-order valence-corrected chi connectivity index (χ4v) is 3.19. The van der Waals surface area contributed by atoms with Gasteiger partial charge in [-0.2, -0.15) is 0 Å². The summed E-state index contributed by atoms with van der Waals surface area (Å²) in [6.45, 7) is 2.02. The topological polar surface area (TPSA) is 81.2 Å². The fraction of sp³-hybridized carbons (Fsp3) is 0.375. The molecule has 136 valence electrons.